The van der Waals surface area contributed by atoms with E-state index < -0.39 is 6.10 Å². The van der Waals surface area contributed by atoms with Crippen LogP contribution in [0.5, 0.6) is 11.5 Å². The fraction of sp³-hybridized carbons (Fsp3) is 0.417. The van der Waals surface area contributed by atoms with Crippen molar-refractivity contribution >= 4 is 11.8 Å². The van der Waals surface area contributed by atoms with Crippen molar-refractivity contribution in [3.8, 4) is 11.5 Å². The monoisotopic (exact) mass is 406 g/mol. The first kappa shape index (κ1) is 19.1. The van der Waals surface area contributed by atoms with E-state index in [1.807, 2.05) is 12.1 Å². The lowest BCUT2D eigenvalue weighted by Crippen LogP contribution is -2.46. The van der Waals surface area contributed by atoms with Crippen molar-refractivity contribution in [2.75, 3.05) is 19.7 Å². The number of nitrogens with zero attached hydrogens (tertiary/aromatic N) is 1. The first-order valence-electron chi connectivity index (χ1n) is 10.7. The number of carbonyl (C=O) groups excluding carboxylic acids is 2. The van der Waals surface area contributed by atoms with Crippen molar-refractivity contribution in [3.05, 3.63) is 59.7 Å². The number of rotatable bonds is 4. The van der Waals surface area contributed by atoms with Gasteiger partial charge < -0.3 is 9.47 Å². The normalized spacial score (nSPS) is 23.0. The lowest BCUT2D eigenvalue weighted by Gasteiger charge is -2.38. The summed E-state index contributed by atoms with van der Waals surface area (Å²) in [5.74, 6) is 0.866. The molecule has 0 saturated carbocycles. The molecule has 2 fully saturated rings. The fourth-order valence-corrected chi connectivity index (χ4v) is 4.77. The van der Waals surface area contributed by atoms with Gasteiger partial charge in [0, 0.05) is 36.4 Å². The summed E-state index contributed by atoms with van der Waals surface area (Å²) in [6.07, 6.45) is 2.22. The van der Waals surface area contributed by atoms with Gasteiger partial charge in [0.2, 0.25) is 5.91 Å². The van der Waals surface area contributed by atoms with Crippen LogP contribution in [0.2, 0.25) is 0 Å². The predicted molar refractivity (Wildman–Crippen MR) is 111 cm³/mol. The third kappa shape index (κ3) is 3.67. The number of hydrogen-bond donors (Lipinski definition) is 1. The number of benzene rings is 2. The maximum Gasteiger partial charge on any atom is 0.267 e. The second-order valence-corrected chi connectivity index (χ2v) is 8.55. The van der Waals surface area contributed by atoms with Crippen LogP contribution in [0.1, 0.15) is 36.8 Å². The zero-order valence-corrected chi connectivity index (χ0v) is 16.9. The first-order valence-corrected chi connectivity index (χ1v) is 10.7. The number of piperidine rings is 2. The number of fused-ring (bicyclic) bond motifs is 2. The van der Waals surface area contributed by atoms with Gasteiger partial charge in [-0.1, -0.05) is 36.4 Å². The van der Waals surface area contributed by atoms with Crippen molar-refractivity contribution < 1.29 is 19.1 Å². The summed E-state index contributed by atoms with van der Waals surface area (Å²) in [5.41, 5.74) is 2.67. The molecule has 2 aromatic rings. The molecule has 3 aliphatic rings. The van der Waals surface area contributed by atoms with E-state index in [0.717, 1.165) is 38.2 Å². The third-order valence-electron chi connectivity index (χ3n) is 6.56. The molecule has 2 aromatic carbocycles. The number of hydrogen-bond acceptors (Lipinski definition) is 5. The summed E-state index contributed by atoms with van der Waals surface area (Å²) in [5, 5.41) is 2.33. The number of imide groups is 1. The van der Waals surface area contributed by atoms with Crippen LogP contribution in [0.3, 0.4) is 0 Å². The fourth-order valence-electron chi connectivity index (χ4n) is 4.77. The summed E-state index contributed by atoms with van der Waals surface area (Å²) in [7, 11) is 0. The van der Waals surface area contributed by atoms with Gasteiger partial charge in [0.15, 0.2) is 6.10 Å². The average Bonchev–Trinajstić information content (AvgIpc) is 3.10. The summed E-state index contributed by atoms with van der Waals surface area (Å²) in [6, 6.07) is 16.5. The number of carbonyl (C=O) groups is 2. The molecule has 1 atom stereocenters. The Morgan fingerprint density at radius 2 is 1.90 bits per heavy atom. The highest BCUT2D eigenvalue weighted by Gasteiger charge is 2.43. The number of nitrogens with one attached hydrogen (secondary N) is 1. The van der Waals surface area contributed by atoms with E-state index in [0.29, 0.717) is 25.2 Å². The first-order chi connectivity index (χ1) is 14.6. The molecule has 2 amide bonds. The Labute approximate surface area is 176 Å². The van der Waals surface area contributed by atoms with E-state index in [9.17, 15) is 9.59 Å². The van der Waals surface area contributed by atoms with Crippen LogP contribution in [-0.4, -0.2) is 42.5 Å². The summed E-state index contributed by atoms with van der Waals surface area (Å²) >= 11 is 0. The van der Waals surface area contributed by atoms with Gasteiger partial charge in [-0.25, -0.2) is 0 Å². The van der Waals surface area contributed by atoms with Crippen molar-refractivity contribution in [1.82, 2.24) is 10.2 Å². The molecule has 3 heterocycles. The lowest BCUT2D eigenvalue weighted by atomic mass is 9.74. The van der Waals surface area contributed by atoms with E-state index in [1.54, 1.807) is 0 Å². The number of ether oxygens (including phenoxy) is 2. The summed E-state index contributed by atoms with van der Waals surface area (Å²) in [6.45, 7) is 3.78. The van der Waals surface area contributed by atoms with E-state index >= 15 is 0 Å². The van der Waals surface area contributed by atoms with E-state index in [2.05, 4.69) is 46.6 Å². The Kier molecular flexibility index (Phi) is 4.95. The molecular weight excluding hydrogens is 380 g/mol. The van der Waals surface area contributed by atoms with Gasteiger partial charge >= 0.3 is 0 Å². The predicted octanol–water partition coefficient (Wildman–Crippen LogP) is 2.80. The molecule has 0 unspecified atom stereocenters. The van der Waals surface area contributed by atoms with Crippen LogP contribution < -0.4 is 14.8 Å². The molecule has 5 rings (SSSR count). The second-order valence-electron chi connectivity index (χ2n) is 8.55. The summed E-state index contributed by atoms with van der Waals surface area (Å²) < 4.78 is 11.9. The second kappa shape index (κ2) is 7.76. The van der Waals surface area contributed by atoms with E-state index in [1.165, 1.54) is 11.1 Å². The molecule has 2 saturated heterocycles. The van der Waals surface area contributed by atoms with Crippen molar-refractivity contribution in [2.24, 2.45) is 0 Å². The van der Waals surface area contributed by atoms with Crippen LogP contribution in [0.25, 0.3) is 0 Å². The van der Waals surface area contributed by atoms with Gasteiger partial charge in [0.05, 0.1) is 6.61 Å². The molecule has 6 heteroatoms. The molecule has 156 valence electrons. The largest absolute Gasteiger partial charge is 0.492 e. The lowest BCUT2D eigenvalue weighted by molar-refractivity contribution is -0.138. The standard InChI is InChI=1S/C24H26N2O4/c27-22-9-8-20(23(28)25-22)30-18-6-7-19-21(14-18)29-16-24(19)10-12-26(13-11-24)15-17-4-2-1-3-5-17/h1-7,14,20H,8-13,15-16H2,(H,25,27,28)/t20-/m0/s1. The maximum absolute atomic E-state index is 12.0. The maximum atomic E-state index is 12.0. The number of likely N-dealkylation sites (tertiary alicyclic amines) is 1. The Morgan fingerprint density at radius 3 is 2.67 bits per heavy atom. The molecule has 0 aromatic heterocycles. The average molecular weight is 406 g/mol. The minimum atomic E-state index is -0.627. The molecular formula is C24H26N2O4. The summed E-state index contributed by atoms with van der Waals surface area (Å²) in [4.78, 5) is 25.8. The minimum absolute atomic E-state index is 0.0652. The topological polar surface area (TPSA) is 67.9 Å². The van der Waals surface area contributed by atoms with Crippen LogP contribution in [-0.2, 0) is 21.5 Å². The van der Waals surface area contributed by atoms with Gasteiger partial charge in [-0.15, -0.1) is 0 Å². The van der Waals surface area contributed by atoms with E-state index in [-0.39, 0.29) is 17.2 Å². The molecule has 0 radical (unpaired) electrons. The van der Waals surface area contributed by atoms with Gasteiger partial charge in [-0.3, -0.25) is 19.8 Å². The molecule has 1 spiro atoms. The van der Waals surface area contributed by atoms with Crippen molar-refractivity contribution in [3.63, 3.8) is 0 Å². The Hall–Kier alpha value is -2.86. The highest BCUT2D eigenvalue weighted by atomic mass is 16.5. The zero-order chi connectivity index (χ0) is 20.6. The van der Waals surface area contributed by atoms with Crippen LogP contribution in [0.15, 0.2) is 48.5 Å². The molecule has 30 heavy (non-hydrogen) atoms. The van der Waals surface area contributed by atoms with Gasteiger partial charge in [0.1, 0.15) is 11.5 Å². The highest BCUT2D eigenvalue weighted by Crippen LogP contribution is 2.47. The Balaban J connectivity index is 1.24. The van der Waals surface area contributed by atoms with Crippen LogP contribution in [0.4, 0.5) is 0 Å². The van der Waals surface area contributed by atoms with Crippen LogP contribution in [0, 0.1) is 0 Å². The third-order valence-corrected chi connectivity index (χ3v) is 6.56. The highest BCUT2D eigenvalue weighted by molar-refractivity contribution is 5.99. The zero-order valence-electron chi connectivity index (χ0n) is 16.9. The molecule has 3 aliphatic heterocycles. The van der Waals surface area contributed by atoms with Gasteiger partial charge in [-0.05, 0) is 37.6 Å². The van der Waals surface area contributed by atoms with Crippen molar-refractivity contribution in [1.29, 1.82) is 0 Å². The molecule has 6 nitrogen and oxygen atoms in total. The SMILES string of the molecule is O=C1CC[C@H](Oc2ccc3c(c2)OCC32CCN(Cc3ccccc3)CC2)C(=O)N1. The molecule has 0 aliphatic carbocycles. The number of amides is 2. The van der Waals surface area contributed by atoms with Crippen molar-refractivity contribution in [2.45, 2.75) is 43.7 Å². The van der Waals surface area contributed by atoms with Gasteiger partial charge in [-0.2, -0.15) is 0 Å². The van der Waals surface area contributed by atoms with Gasteiger partial charge in [0.25, 0.3) is 5.91 Å². The minimum Gasteiger partial charge on any atom is -0.492 e. The molecule has 1 N–H and O–H groups in total. The molecule has 0 bridgehead atoms. The Morgan fingerprint density at radius 1 is 1.10 bits per heavy atom. The smallest absolute Gasteiger partial charge is 0.267 e. The van der Waals surface area contributed by atoms with E-state index in [4.69, 9.17) is 9.47 Å². The quantitative estimate of drug-likeness (QED) is 0.791. The Bertz CT molecular complexity index is 951. The van der Waals surface area contributed by atoms with Crippen LogP contribution >= 0.6 is 0 Å².